The SMILES string of the molecule is O=S1(=O)CCC(NC2CCOC2C2CC2)CC1. The number of nitrogens with one attached hydrogen (secondary N) is 1. The van der Waals surface area contributed by atoms with Gasteiger partial charge in [-0.3, -0.25) is 0 Å². The molecule has 3 aliphatic rings. The predicted octanol–water partition coefficient (Wildman–Crippen LogP) is 0.721. The Kier molecular flexibility index (Phi) is 3.17. The minimum absolute atomic E-state index is 0.354. The molecule has 2 saturated heterocycles. The number of rotatable bonds is 3. The van der Waals surface area contributed by atoms with Crippen molar-refractivity contribution >= 4 is 9.84 Å². The summed E-state index contributed by atoms with van der Waals surface area (Å²) in [5, 5.41) is 3.64. The molecular formula is C12H21NO3S. The summed E-state index contributed by atoms with van der Waals surface area (Å²) in [4.78, 5) is 0. The second-order valence-electron chi connectivity index (χ2n) is 5.66. The highest BCUT2D eigenvalue weighted by Crippen LogP contribution is 2.39. The molecule has 0 aromatic rings. The first-order valence-electron chi connectivity index (χ1n) is 6.72. The van der Waals surface area contributed by atoms with Gasteiger partial charge in [0.15, 0.2) is 0 Å². The van der Waals surface area contributed by atoms with E-state index in [1.54, 1.807) is 0 Å². The third kappa shape index (κ3) is 2.83. The summed E-state index contributed by atoms with van der Waals surface area (Å²) in [5.41, 5.74) is 0. The fourth-order valence-electron chi connectivity index (χ4n) is 3.04. The van der Waals surface area contributed by atoms with Crippen molar-refractivity contribution in [1.82, 2.24) is 5.32 Å². The Morgan fingerprint density at radius 1 is 1.00 bits per heavy atom. The molecule has 1 aliphatic carbocycles. The van der Waals surface area contributed by atoms with E-state index in [-0.39, 0.29) is 0 Å². The smallest absolute Gasteiger partial charge is 0.150 e. The summed E-state index contributed by atoms with van der Waals surface area (Å²) < 4.78 is 28.5. The third-order valence-electron chi connectivity index (χ3n) is 4.23. The van der Waals surface area contributed by atoms with E-state index in [2.05, 4.69) is 5.32 Å². The fraction of sp³-hybridized carbons (Fsp3) is 1.00. The van der Waals surface area contributed by atoms with E-state index in [1.165, 1.54) is 12.8 Å². The molecule has 0 radical (unpaired) electrons. The van der Waals surface area contributed by atoms with Gasteiger partial charge in [0, 0.05) is 18.7 Å². The molecule has 5 heteroatoms. The number of ether oxygens (including phenoxy) is 1. The molecule has 2 atom stereocenters. The Morgan fingerprint density at radius 2 is 1.71 bits per heavy atom. The van der Waals surface area contributed by atoms with Crippen LogP contribution in [0.5, 0.6) is 0 Å². The van der Waals surface area contributed by atoms with Crippen molar-refractivity contribution in [2.75, 3.05) is 18.1 Å². The van der Waals surface area contributed by atoms with Crippen LogP contribution in [0, 0.1) is 5.92 Å². The van der Waals surface area contributed by atoms with Gasteiger partial charge in [-0.2, -0.15) is 0 Å². The fourth-order valence-corrected chi connectivity index (χ4v) is 4.53. The lowest BCUT2D eigenvalue weighted by Gasteiger charge is -2.28. The maximum atomic E-state index is 11.4. The summed E-state index contributed by atoms with van der Waals surface area (Å²) in [6.07, 6.45) is 5.65. The molecule has 4 nitrogen and oxygen atoms in total. The summed E-state index contributed by atoms with van der Waals surface area (Å²) in [5.74, 6) is 1.47. The second kappa shape index (κ2) is 4.52. The van der Waals surface area contributed by atoms with E-state index < -0.39 is 9.84 Å². The zero-order chi connectivity index (χ0) is 11.9. The van der Waals surface area contributed by atoms with Gasteiger partial charge in [-0.1, -0.05) is 0 Å². The van der Waals surface area contributed by atoms with Crippen LogP contribution >= 0.6 is 0 Å². The average Bonchev–Trinajstić information content (AvgIpc) is 3.03. The molecule has 2 unspecified atom stereocenters. The van der Waals surface area contributed by atoms with Crippen molar-refractivity contribution in [2.24, 2.45) is 5.92 Å². The maximum absolute atomic E-state index is 11.4. The Bertz CT molecular complexity index is 363. The zero-order valence-corrected chi connectivity index (χ0v) is 10.9. The van der Waals surface area contributed by atoms with Crippen molar-refractivity contribution in [3.63, 3.8) is 0 Å². The van der Waals surface area contributed by atoms with Crippen molar-refractivity contribution in [3.8, 4) is 0 Å². The molecule has 1 N–H and O–H groups in total. The largest absolute Gasteiger partial charge is 0.376 e. The van der Waals surface area contributed by atoms with E-state index in [0.29, 0.717) is 29.7 Å². The number of sulfone groups is 1. The van der Waals surface area contributed by atoms with Crippen LogP contribution in [-0.4, -0.2) is 44.7 Å². The van der Waals surface area contributed by atoms with Crippen LogP contribution in [0.1, 0.15) is 32.1 Å². The lowest BCUT2D eigenvalue weighted by atomic mass is 10.0. The molecule has 0 aromatic carbocycles. The second-order valence-corrected chi connectivity index (χ2v) is 7.96. The van der Waals surface area contributed by atoms with Gasteiger partial charge in [0.05, 0.1) is 17.6 Å². The standard InChI is InChI=1S/C12H21NO3S/c14-17(15)7-4-10(5-8-17)13-11-3-6-16-12(11)9-1-2-9/h9-13H,1-8H2. The van der Waals surface area contributed by atoms with Crippen LogP contribution < -0.4 is 5.32 Å². The molecule has 0 spiro atoms. The van der Waals surface area contributed by atoms with Gasteiger partial charge in [-0.25, -0.2) is 8.42 Å². The van der Waals surface area contributed by atoms with Crippen molar-refractivity contribution < 1.29 is 13.2 Å². The van der Waals surface area contributed by atoms with Gasteiger partial charge in [-0.15, -0.1) is 0 Å². The molecule has 3 rings (SSSR count). The summed E-state index contributed by atoms with van der Waals surface area (Å²) in [6, 6.07) is 0.847. The molecule has 3 fully saturated rings. The van der Waals surface area contributed by atoms with Crippen molar-refractivity contribution in [1.29, 1.82) is 0 Å². The Hall–Kier alpha value is -0.130. The van der Waals surface area contributed by atoms with E-state index >= 15 is 0 Å². The highest BCUT2D eigenvalue weighted by Gasteiger charge is 2.41. The first-order chi connectivity index (χ1) is 8.14. The van der Waals surface area contributed by atoms with Crippen LogP contribution in [-0.2, 0) is 14.6 Å². The normalized spacial score (nSPS) is 38.4. The molecule has 2 aliphatic heterocycles. The van der Waals surface area contributed by atoms with Gasteiger partial charge in [0.25, 0.3) is 0 Å². The van der Waals surface area contributed by atoms with Gasteiger partial charge < -0.3 is 10.1 Å². The van der Waals surface area contributed by atoms with Crippen molar-refractivity contribution in [3.05, 3.63) is 0 Å². The molecule has 1 saturated carbocycles. The van der Waals surface area contributed by atoms with E-state index in [4.69, 9.17) is 4.74 Å². The van der Waals surface area contributed by atoms with Crippen LogP contribution in [0.3, 0.4) is 0 Å². The Balaban J connectivity index is 1.53. The Labute approximate surface area is 103 Å². The Morgan fingerprint density at radius 3 is 2.35 bits per heavy atom. The summed E-state index contributed by atoms with van der Waals surface area (Å²) >= 11 is 0. The van der Waals surface area contributed by atoms with Crippen LogP contribution in [0.2, 0.25) is 0 Å². The third-order valence-corrected chi connectivity index (χ3v) is 5.94. The predicted molar refractivity (Wildman–Crippen MR) is 65.7 cm³/mol. The molecule has 0 amide bonds. The molecule has 17 heavy (non-hydrogen) atoms. The maximum Gasteiger partial charge on any atom is 0.150 e. The van der Waals surface area contributed by atoms with Gasteiger partial charge in [0.1, 0.15) is 9.84 Å². The molecule has 98 valence electrons. The van der Waals surface area contributed by atoms with Gasteiger partial charge >= 0.3 is 0 Å². The minimum Gasteiger partial charge on any atom is -0.376 e. The lowest BCUT2D eigenvalue weighted by Crippen LogP contribution is -2.46. The highest BCUT2D eigenvalue weighted by molar-refractivity contribution is 7.91. The van der Waals surface area contributed by atoms with E-state index in [9.17, 15) is 8.42 Å². The average molecular weight is 259 g/mol. The minimum atomic E-state index is -2.74. The van der Waals surface area contributed by atoms with Gasteiger partial charge in [-0.05, 0) is 38.0 Å². The van der Waals surface area contributed by atoms with Crippen molar-refractivity contribution in [2.45, 2.75) is 50.3 Å². The van der Waals surface area contributed by atoms with Crippen LogP contribution in [0.15, 0.2) is 0 Å². The summed E-state index contributed by atoms with van der Waals surface area (Å²) in [7, 11) is -2.74. The number of hydrogen-bond donors (Lipinski definition) is 1. The van der Waals surface area contributed by atoms with Crippen LogP contribution in [0.4, 0.5) is 0 Å². The topological polar surface area (TPSA) is 55.4 Å². The van der Waals surface area contributed by atoms with Crippen LogP contribution in [0.25, 0.3) is 0 Å². The molecule has 0 bridgehead atoms. The van der Waals surface area contributed by atoms with E-state index in [1.807, 2.05) is 0 Å². The molecule has 2 heterocycles. The first-order valence-corrected chi connectivity index (χ1v) is 8.54. The van der Waals surface area contributed by atoms with Gasteiger partial charge in [0.2, 0.25) is 0 Å². The monoisotopic (exact) mass is 259 g/mol. The zero-order valence-electron chi connectivity index (χ0n) is 10.1. The molecular weight excluding hydrogens is 238 g/mol. The first kappa shape index (κ1) is 11.9. The quantitative estimate of drug-likeness (QED) is 0.811. The highest BCUT2D eigenvalue weighted by atomic mass is 32.2. The summed E-state index contributed by atoms with van der Waals surface area (Å²) in [6.45, 7) is 0.865. The molecule has 0 aromatic heterocycles. The number of hydrogen-bond acceptors (Lipinski definition) is 4. The van der Waals surface area contributed by atoms with E-state index in [0.717, 1.165) is 31.8 Å². The lowest BCUT2D eigenvalue weighted by molar-refractivity contribution is 0.0785.